The van der Waals surface area contributed by atoms with E-state index in [0.717, 1.165) is 17.2 Å². The van der Waals surface area contributed by atoms with Crippen molar-refractivity contribution < 1.29 is 28.4 Å². The van der Waals surface area contributed by atoms with Crippen LogP contribution in [-0.4, -0.2) is 59.5 Å². The Labute approximate surface area is 224 Å². The fourth-order valence-electron chi connectivity index (χ4n) is 3.51. The standard InChI is InChI=1S/C30H39O6S/c1-4-31-19-22-34-25-7-13-28(14-8-25)37(29-15-9-26(10-16-29)35-23-20-32-5-2)30-17-11-27(12-18-30)36-24-21-33-6-3/h7-18H,4-6,19-24H2,1-3H3/q+1. The van der Waals surface area contributed by atoms with Crippen molar-refractivity contribution in [1.29, 1.82) is 0 Å². The van der Waals surface area contributed by atoms with Crippen LogP contribution in [0.5, 0.6) is 17.2 Å². The van der Waals surface area contributed by atoms with Gasteiger partial charge in [0.1, 0.15) is 37.1 Å². The molecule has 0 fully saturated rings. The molecule has 0 saturated heterocycles. The van der Waals surface area contributed by atoms with Gasteiger partial charge in [-0.2, -0.15) is 0 Å². The van der Waals surface area contributed by atoms with Crippen molar-refractivity contribution in [2.24, 2.45) is 0 Å². The molecule has 6 nitrogen and oxygen atoms in total. The van der Waals surface area contributed by atoms with Crippen molar-refractivity contribution in [1.82, 2.24) is 0 Å². The Morgan fingerprint density at radius 3 is 0.919 bits per heavy atom. The van der Waals surface area contributed by atoms with Gasteiger partial charge in [-0.05, 0) is 93.6 Å². The largest absolute Gasteiger partial charge is 0.491 e. The Bertz CT molecular complexity index is 860. The molecule has 0 N–H and O–H groups in total. The average Bonchev–Trinajstić information content (AvgIpc) is 2.94. The first-order valence-corrected chi connectivity index (χ1v) is 14.1. The van der Waals surface area contributed by atoms with Gasteiger partial charge in [0, 0.05) is 19.8 Å². The first kappa shape index (κ1) is 28.9. The number of hydrogen-bond acceptors (Lipinski definition) is 6. The lowest BCUT2D eigenvalue weighted by Gasteiger charge is -2.12. The predicted molar refractivity (Wildman–Crippen MR) is 147 cm³/mol. The zero-order valence-electron chi connectivity index (χ0n) is 22.1. The third kappa shape index (κ3) is 9.93. The molecule has 0 aliphatic rings. The van der Waals surface area contributed by atoms with Gasteiger partial charge in [-0.3, -0.25) is 0 Å². The van der Waals surface area contributed by atoms with E-state index in [4.69, 9.17) is 28.4 Å². The van der Waals surface area contributed by atoms with Crippen LogP contribution in [0.3, 0.4) is 0 Å². The summed E-state index contributed by atoms with van der Waals surface area (Å²) in [6.45, 7) is 11.4. The lowest BCUT2D eigenvalue weighted by Crippen LogP contribution is -2.08. The molecule has 0 heterocycles. The molecule has 3 rings (SSSR count). The minimum absolute atomic E-state index is 0.306. The number of ether oxygens (including phenoxy) is 6. The van der Waals surface area contributed by atoms with Crippen LogP contribution >= 0.6 is 0 Å². The molecule has 0 radical (unpaired) electrons. The fraction of sp³-hybridized carbons (Fsp3) is 0.400. The molecule has 0 atom stereocenters. The molecule has 0 aromatic heterocycles. The monoisotopic (exact) mass is 527 g/mol. The van der Waals surface area contributed by atoms with Crippen LogP contribution in [0.25, 0.3) is 0 Å². The molecule has 200 valence electrons. The van der Waals surface area contributed by atoms with Crippen LogP contribution in [0, 0.1) is 0 Å². The van der Waals surface area contributed by atoms with Crippen LogP contribution in [0.4, 0.5) is 0 Å². The third-order valence-electron chi connectivity index (χ3n) is 5.28. The van der Waals surface area contributed by atoms with Gasteiger partial charge in [0.15, 0.2) is 14.7 Å². The van der Waals surface area contributed by atoms with Crippen molar-refractivity contribution in [3.8, 4) is 17.2 Å². The first-order chi connectivity index (χ1) is 18.2. The third-order valence-corrected chi connectivity index (χ3v) is 7.51. The van der Waals surface area contributed by atoms with E-state index in [1.54, 1.807) is 0 Å². The van der Waals surface area contributed by atoms with Crippen LogP contribution in [0.1, 0.15) is 20.8 Å². The highest BCUT2D eigenvalue weighted by molar-refractivity contribution is 7.97. The van der Waals surface area contributed by atoms with Gasteiger partial charge in [0.05, 0.1) is 30.7 Å². The van der Waals surface area contributed by atoms with Gasteiger partial charge in [-0.15, -0.1) is 0 Å². The van der Waals surface area contributed by atoms with Gasteiger partial charge >= 0.3 is 0 Å². The van der Waals surface area contributed by atoms with Crippen molar-refractivity contribution in [2.45, 2.75) is 35.5 Å². The maximum absolute atomic E-state index is 5.82. The summed E-state index contributed by atoms with van der Waals surface area (Å²) in [6, 6.07) is 25.0. The molecule has 3 aromatic rings. The highest BCUT2D eigenvalue weighted by atomic mass is 32.2. The predicted octanol–water partition coefficient (Wildman–Crippen LogP) is 6.03. The topological polar surface area (TPSA) is 55.4 Å². The number of rotatable bonds is 18. The van der Waals surface area contributed by atoms with Gasteiger partial charge < -0.3 is 28.4 Å². The van der Waals surface area contributed by atoms with E-state index in [2.05, 4.69) is 36.4 Å². The molecular weight excluding hydrogens is 488 g/mol. The SMILES string of the molecule is CCOCCOc1ccc([S+](c2ccc(OCCOCC)cc2)c2ccc(OCCOCC)cc2)cc1. The zero-order chi connectivity index (χ0) is 26.1. The summed E-state index contributed by atoms with van der Waals surface area (Å²) in [4.78, 5) is 3.60. The Morgan fingerprint density at radius 1 is 0.405 bits per heavy atom. The molecule has 7 heteroatoms. The van der Waals surface area contributed by atoms with Crippen molar-refractivity contribution in [2.75, 3.05) is 59.5 Å². The molecule has 0 unspecified atom stereocenters. The second-order valence-electron chi connectivity index (χ2n) is 7.86. The Balaban J connectivity index is 1.77. The lowest BCUT2D eigenvalue weighted by molar-refractivity contribution is 0.110. The molecule has 0 aliphatic heterocycles. The van der Waals surface area contributed by atoms with E-state index in [9.17, 15) is 0 Å². The molecule has 0 spiro atoms. The van der Waals surface area contributed by atoms with Crippen LogP contribution < -0.4 is 14.2 Å². The summed E-state index contributed by atoms with van der Waals surface area (Å²) in [5.41, 5.74) is 0. The maximum Gasteiger partial charge on any atom is 0.166 e. The minimum Gasteiger partial charge on any atom is -0.491 e. The maximum atomic E-state index is 5.82. The van der Waals surface area contributed by atoms with E-state index in [1.807, 2.05) is 57.2 Å². The van der Waals surface area contributed by atoms with Gasteiger partial charge in [0.25, 0.3) is 0 Å². The highest BCUT2D eigenvalue weighted by Crippen LogP contribution is 2.34. The highest BCUT2D eigenvalue weighted by Gasteiger charge is 2.29. The Morgan fingerprint density at radius 2 is 0.676 bits per heavy atom. The van der Waals surface area contributed by atoms with E-state index in [-0.39, 0.29) is 10.9 Å². The summed E-state index contributed by atoms with van der Waals surface area (Å²) in [7, 11) is -0.306. The first-order valence-electron chi connectivity index (χ1n) is 12.9. The molecule has 3 aromatic carbocycles. The molecule has 37 heavy (non-hydrogen) atoms. The molecule has 0 amide bonds. The Kier molecular flexibility index (Phi) is 13.2. The van der Waals surface area contributed by atoms with E-state index in [1.165, 1.54) is 14.7 Å². The van der Waals surface area contributed by atoms with E-state index < -0.39 is 0 Å². The second-order valence-corrected chi connectivity index (χ2v) is 9.88. The normalized spacial score (nSPS) is 11.0. The minimum atomic E-state index is -0.306. The summed E-state index contributed by atoms with van der Waals surface area (Å²) in [5, 5.41) is 0. The fourth-order valence-corrected chi connectivity index (χ4v) is 5.55. The zero-order valence-corrected chi connectivity index (χ0v) is 23.0. The van der Waals surface area contributed by atoms with E-state index >= 15 is 0 Å². The molecule has 0 aliphatic carbocycles. The van der Waals surface area contributed by atoms with Crippen LogP contribution in [0.15, 0.2) is 87.5 Å². The van der Waals surface area contributed by atoms with Crippen molar-refractivity contribution >= 4 is 10.9 Å². The smallest absolute Gasteiger partial charge is 0.166 e. The van der Waals surface area contributed by atoms with Gasteiger partial charge in [-0.1, -0.05) is 0 Å². The quantitative estimate of drug-likeness (QED) is 0.149. The number of benzene rings is 3. The molecular formula is C30H39O6S+. The van der Waals surface area contributed by atoms with Crippen molar-refractivity contribution in [3.05, 3.63) is 72.8 Å². The average molecular weight is 528 g/mol. The second kappa shape index (κ2) is 16.9. The summed E-state index contributed by atoms with van der Waals surface area (Å²) < 4.78 is 33.6. The summed E-state index contributed by atoms with van der Waals surface area (Å²) in [5.74, 6) is 2.51. The van der Waals surface area contributed by atoms with Crippen LogP contribution in [-0.2, 0) is 25.1 Å². The summed E-state index contributed by atoms with van der Waals surface area (Å²) >= 11 is 0. The summed E-state index contributed by atoms with van der Waals surface area (Å²) in [6.07, 6.45) is 0. The molecule has 0 bridgehead atoms. The number of hydrogen-bond donors (Lipinski definition) is 0. The lowest BCUT2D eigenvalue weighted by atomic mass is 10.3. The van der Waals surface area contributed by atoms with Crippen molar-refractivity contribution in [3.63, 3.8) is 0 Å². The molecule has 0 saturated carbocycles. The van der Waals surface area contributed by atoms with Crippen LogP contribution in [0.2, 0.25) is 0 Å². The van der Waals surface area contributed by atoms with Gasteiger partial charge in [-0.25, -0.2) is 0 Å². The Hall–Kier alpha value is -2.71. The van der Waals surface area contributed by atoms with Gasteiger partial charge in [0.2, 0.25) is 0 Å². The van der Waals surface area contributed by atoms with E-state index in [0.29, 0.717) is 59.5 Å².